The Labute approximate surface area is 235 Å². The molecule has 0 atom stereocenters. The highest BCUT2D eigenvalue weighted by atomic mass is 32.2. The summed E-state index contributed by atoms with van der Waals surface area (Å²) < 4.78 is 17.8. The first-order valence-electron chi connectivity index (χ1n) is 14.9. The van der Waals surface area contributed by atoms with Crippen molar-refractivity contribution >= 4 is 24.0 Å². The average molecular weight is 557 g/mol. The Kier molecular flexibility index (Phi) is 6.57. The van der Waals surface area contributed by atoms with Crippen LogP contribution in [-0.4, -0.2) is 30.3 Å². The van der Waals surface area contributed by atoms with Crippen molar-refractivity contribution in [1.29, 1.82) is 0 Å². The Morgan fingerprint density at radius 1 is 0.667 bits per heavy atom. The Balaban J connectivity index is 1.13. The third kappa shape index (κ3) is 4.54. The third-order valence-electron chi connectivity index (χ3n) is 11.7. The minimum absolute atomic E-state index is 0.332. The van der Waals surface area contributed by atoms with Gasteiger partial charge in [-0.25, -0.2) is 14.5 Å². The molecule has 0 aliphatic heterocycles. The first-order chi connectivity index (χ1) is 18.7. The molecule has 7 nitrogen and oxygen atoms in total. The van der Waals surface area contributed by atoms with E-state index in [1.165, 1.54) is 20.0 Å². The standard InChI is InChI=1S/C31H40O7S/c1-30(23-6-17-4-18(8-23)9-24(30)7-17)35-28(32)21-14-22(16-27(15-21)39-38-37-34-3)29(33)36-31(2)25-10-19-5-20(12-25)13-26(31)11-19/h14-20,23-26H,4-13H2,1-3H3. The van der Waals surface area contributed by atoms with Crippen LogP contribution < -0.4 is 0 Å². The molecule has 1 aromatic carbocycles. The maximum atomic E-state index is 13.7. The number of carbonyl (C=O) groups excluding carboxylic acids is 2. The third-order valence-corrected chi connectivity index (χ3v) is 12.3. The van der Waals surface area contributed by atoms with Crippen molar-refractivity contribution in [3.63, 3.8) is 0 Å². The highest BCUT2D eigenvalue weighted by Crippen LogP contribution is 2.61. The van der Waals surface area contributed by atoms with Gasteiger partial charge in [0.25, 0.3) is 0 Å². The minimum atomic E-state index is -0.460. The molecule has 212 valence electrons. The van der Waals surface area contributed by atoms with Crippen molar-refractivity contribution in [3.8, 4) is 0 Å². The quantitative estimate of drug-likeness (QED) is 0.112. The Hall–Kier alpha value is -1.61. The molecule has 8 aliphatic rings. The van der Waals surface area contributed by atoms with Gasteiger partial charge in [-0.1, -0.05) is 5.04 Å². The SMILES string of the molecule is COOOSc1cc(C(=O)OC2(C)C3CC4CC(C3)CC2C4)cc(C(=O)OC2(C)C3CC4CC(C3)CC2C4)c1. The zero-order valence-electron chi connectivity index (χ0n) is 23.2. The molecular formula is C31H40O7S. The van der Waals surface area contributed by atoms with Gasteiger partial charge in [-0.15, -0.1) is 4.33 Å². The van der Waals surface area contributed by atoms with Crippen molar-refractivity contribution < 1.29 is 33.3 Å². The van der Waals surface area contributed by atoms with E-state index < -0.39 is 23.1 Å². The smallest absolute Gasteiger partial charge is 0.338 e. The summed E-state index contributed by atoms with van der Waals surface area (Å²) in [4.78, 5) is 32.4. The van der Waals surface area contributed by atoms with E-state index in [0.717, 1.165) is 87.1 Å². The van der Waals surface area contributed by atoms with Gasteiger partial charge in [0.2, 0.25) is 0 Å². The maximum absolute atomic E-state index is 13.7. The van der Waals surface area contributed by atoms with Crippen molar-refractivity contribution in [1.82, 2.24) is 0 Å². The van der Waals surface area contributed by atoms with Gasteiger partial charge in [-0.3, -0.25) is 0 Å². The van der Waals surface area contributed by atoms with E-state index >= 15 is 0 Å². The lowest BCUT2D eigenvalue weighted by Crippen LogP contribution is -2.58. The van der Waals surface area contributed by atoms with Crippen molar-refractivity contribution in [2.45, 2.75) is 94.2 Å². The number of ether oxygens (including phenoxy) is 2. The van der Waals surface area contributed by atoms with Crippen LogP contribution in [-0.2, 0) is 23.7 Å². The van der Waals surface area contributed by atoms with E-state index in [0.29, 0.717) is 39.7 Å². The second-order valence-electron chi connectivity index (χ2n) is 13.9. The van der Waals surface area contributed by atoms with E-state index in [4.69, 9.17) is 13.8 Å². The maximum Gasteiger partial charge on any atom is 0.338 e. The molecule has 8 fully saturated rings. The van der Waals surface area contributed by atoms with Crippen molar-refractivity contribution in [3.05, 3.63) is 29.3 Å². The number of esters is 2. The fourth-order valence-corrected chi connectivity index (χ4v) is 10.6. The van der Waals surface area contributed by atoms with Crippen LogP contribution >= 0.6 is 12.0 Å². The molecule has 0 spiro atoms. The van der Waals surface area contributed by atoms with Crippen LogP contribution in [0.3, 0.4) is 0 Å². The Bertz CT molecular complexity index is 1010. The number of carbonyl (C=O) groups is 2. The van der Waals surface area contributed by atoms with Crippen LogP contribution in [0.25, 0.3) is 0 Å². The van der Waals surface area contributed by atoms with E-state index in [9.17, 15) is 9.59 Å². The topological polar surface area (TPSA) is 80.3 Å². The fourth-order valence-electron chi connectivity index (χ4n) is 10.1. The summed E-state index contributed by atoms with van der Waals surface area (Å²) in [6.07, 6.45) is 11.9. The lowest BCUT2D eigenvalue weighted by Gasteiger charge is -2.59. The van der Waals surface area contributed by atoms with Crippen LogP contribution in [0.4, 0.5) is 0 Å². The number of benzene rings is 1. The van der Waals surface area contributed by atoms with Crippen LogP contribution in [0.5, 0.6) is 0 Å². The van der Waals surface area contributed by atoms with E-state index in [1.54, 1.807) is 18.2 Å². The van der Waals surface area contributed by atoms with E-state index in [2.05, 4.69) is 23.8 Å². The summed E-state index contributed by atoms with van der Waals surface area (Å²) in [6, 6.07) is 5.00. The zero-order chi connectivity index (χ0) is 26.9. The summed E-state index contributed by atoms with van der Waals surface area (Å²) in [5.74, 6) is 3.99. The lowest BCUT2D eigenvalue weighted by atomic mass is 9.50. The largest absolute Gasteiger partial charge is 0.455 e. The highest BCUT2D eigenvalue weighted by Gasteiger charge is 2.58. The van der Waals surface area contributed by atoms with E-state index in [1.807, 2.05) is 0 Å². The van der Waals surface area contributed by atoms with Gasteiger partial charge in [0.05, 0.1) is 30.3 Å². The van der Waals surface area contributed by atoms with Gasteiger partial charge in [0, 0.05) is 4.90 Å². The zero-order valence-corrected chi connectivity index (χ0v) is 24.0. The van der Waals surface area contributed by atoms with Crippen molar-refractivity contribution in [2.75, 3.05) is 7.11 Å². The second-order valence-corrected chi connectivity index (χ2v) is 14.7. The monoisotopic (exact) mass is 556 g/mol. The molecule has 0 unspecified atom stereocenters. The fraction of sp³-hybridized carbons (Fsp3) is 0.742. The number of hydrogen-bond acceptors (Lipinski definition) is 8. The Morgan fingerprint density at radius 3 is 1.41 bits per heavy atom. The summed E-state index contributed by atoms with van der Waals surface area (Å²) in [7, 11) is 1.34. The highest BCUT2D eigenvalue weighted by molar-refractivity contribution is 7.94. The van der Waals surface area contributed by atoms with Gasteiger partial charge < -0.3 is 9.47 Å². The molecule has 0 heterocycles. The van der Waals surface area contributed by atoms with Crippen LogP contribution in [0.2, 0.25) is 0 Å². The minimum Gasteiger partial charge on any atom is -0.455 e. The molecule has 8 aliphatic carbocycles. The first kappa shape index (κ1) is 26.3. The van der Waals surface area contributed by atoms with Crippen LogP contribution in [0.1, 0.15) is 98.8 Å². The lowest BCUT2D eigenvalue weighted by molar-refractivity contribution is -0.447. The van der Waals surface area contributed by atoms with Crippen LogP contribution in [0, 0.1) is 47.3 Å². The van der Waals surface area contributed by atoms with Gasteiger partial charge in [-0.2, -0.15) is 0 Å². The van der Waals surface area contributed by atoms with Crippen molar-refractivity contribution in [2.24, 2.45) is 47.3 Å². The summed E-state index contributed by atoms with van der Waals surface area (Å²) in [5, 5.41) is 4.57. The molecule has 1 aromatic rings. The molecule has 0 saturated heterocycles. The number of rotatable bonds is 8. The summed E-state index contributed by atoms with van der Waals surface area (Å²) >= 11 is 0.881. The van der Waals surface area contributed by atoms with Gasteiger partial charge in [0.1, 0.15) is 11.2 Å². The summed E-state index contributed by atoms with van der Waals surface area (Å²) in [6.45, 7) is 4.27. The first-order valence-corrected chi connectivity index (χ1v) is 15.6. The summed E-state index contributed by atoms with van der Waals surface area (Å²) in [5.41, 5.74) is -0.258. The molecule has 8 saturated carbocycles. The number of hydrogen-bond donors (Lipinski definition) is 0. The second kappa shape index (κ2) is 9.74. The predicted octanol–water partition coefficient (Wildman–Crippen LogP) is 6.95. The van der Waals surface area contributed by atoms with E-state index in [-0.39, 0.29) is 0 Å². The molecule has 8 bridgehead atoms. The normalized spacial score (nSPS) is 43.1. The molecule has 9 rings (SSSR count). The van der Waals surface area contributed by atoms with Gasteiger partial charge >= 0.3 is 11.9 Å². The molecule has 0 N–H and O–H groups in total. The van der Waals surface area contributed by atoms with Gasteiger partial charge in [0.15, 0.2) is 0 Å². The Morgan fingerprint density at radius 2 is 1.05 bits per heavy atom. The average Bonchev–Trinajstić information content (AvgIpc) is 2.90. The molecule has 0 amide bonds. The molecule has 8 heteroatoms. The molecule has 0 aromatic heterocycles. The molecule has 0 radical (unpaired) electrons. The molecular weight excluding hydrogens is 516 g/mol. The predicted molar refractivity (Wildman–Crippen MR) is 143 cm³/mol. The molecule has 39 heavy (non-hydrogen) atoms. The van der Waals surface area contributed by atoms with Crippen LogP contribution in [0.15, 0.2) is 23.1 Å². The van der Waals surface area contributed by atoms with Gasteiger partial charge in [-0.05, 0) is 144 Å².